The van der Waals surface area contributed by atoms with Gasteiger partial charge < -0.3 is 5.32 Å². The van der Waals surface area contributed by atoms with Gasteiger partial charge in [-0.2, -0.15) is 5.10 Å². The van der Waals surface area contributed by atoms with E-state index in [0.29, 0.717) is 17.9 Å². The number of thiazole rings is 1. The van der Waals surface area contributed by atoms with E-state index < -0.39 is 0 Å². The third-order valence-electron chi connectivity index (χ3n) is 3.11. The second-order valence-electron chi connectivity index (χ2n) is 4.51. The Bertz CT molecular complexity index is 908. The Morgan fingerprint density at radius 2 is 2.33 bits per heavy atom. The molecule has 0 unspecified atom stereocenters. The van der Waals surface area contributed by atoms with Crippen LogP contribution in [0.4, 0.5) is 0 Å². The fraction of sp³-hybridized carbons (Fsp3) is 0.0769. The minimum atomic E-state index is -0.233. The highest BCUT2D eigenvalue weighted by Crippen LogP contribution is 2.12. The van der Waals surface area contributed by atoms with Crippen molar-refractivity contribution in [1.82, 2.24) is 29.9 Å². The van der Waals surface area contributed by atoms with E-state index in [1.54, 1.807) is 23.6 Å². The van der Waals surface area contributed by atoms with Gasteiger partial charge in [0.1, 0.15) is 5.69 Å². The van der Waals surface area contributed by atoms with Crippen molar-refractivity contribution in [2.45, 2.75) is 6.54 Å². The van der Waals surface area contributed by atoms with Gasteiger partial charge in [0, 0.05) is 23.2 Å². The van der Waals surface area contributed by atoms with E-state index in [2.05, 4.69) is 25.5 Å². The number of nitrogens with one attached hydrogen (secondary N) is 2. The first-order valence-electron chi connectivity index (χ1n) is 6.29. The van der Waals surface area contributed by atoms with E-state index in [-0.39, 0.29) is 5.91 Å². The number of nitrogens with zero attached hydrogens (tertiary/aromatic N) is 4. The van der Waals surface area contributed by atoms with Crippen molar-refractivity contribution >= 4 is 33.2 Å². The average molecular weight is 298 g/mol. The Balaban J connectivity index is 1.50. The number of hydrogen-bond donors (Lipinski definition) is 2. The molecule has 0 aliphatic rings. The molecule has 0 aliphatic heterocycles. The summed E-state index contributed by atoms with van der Waals surface area (Å²) in [5.41, 5.74) is 1.77. The quantitative estimate of drug-likeness (QED) is 0.601. The van der Waals surface area contributed by atoms with E-state index in [1.807, 2.05) is 28.2 Å². The summed E-state index contributed by atoms with van der Waals surface area (Å²) in [6, 6.07) is 3.49. The van der Waals surface area contributed by atoms with Crippen LogP contribution in [0, 0.1) is 0 Å². The summed E-state index contributed by atoms with van der Waals surface area (Å²) in [7, 11) is 0. The highest BCUT2D eigenvalue weighted by atomic mass is 32.1. The van der Waals surface area contributed by atoms with Gasteiger partial charge in [0.2, 0.25) is 0 Å². The van der Waals surface area contributed by atoms with Crippen LogP contribution in [-0.2, 0) is 6.54 Å². The minimum absolute atomic E-state index is 0.233. The van der Waals surface area contributed by atoms with Crippen molar-refractivity contribution in [2.75, 3.05) is 0 Å². The molecule has 4 heterocycles. The van der Waals surface area contributed by atoms with Gasteiger partial charge in [0.15, 0.2) is 10.6 Å². The Labute approximate surface area is 122 Å². The molecule has 4 aromatic heterocycles. The number of H-pyrrole nitrogens is 1. The molecule has 4 aromatic rings. The van der Waals surface area contributed by atoms with Gasteiger partial charge >= 0.3 is 0 Å². The zero-order valence-electron chi connectivity index (χ0n) is 10.8. The first-order chi connectivity index (χ1) is 10.3. The van der Waals surface area contributed by atoms with Crippen LogP contribution in [0.2, 0.25) is 0 Å². The van der Waals surface area contributed by atoms with Gasteiger partial charge in [-0.1, -0.05) is 0 Å². The largest absolute Gasteiger partial charge is 0.345 e. The van der Waals surface area contributed by atoms with E-state index in [0.717, 1.165) is 16.0 Å². The molecule has 2 N–H and O–H groups in total. The highest BCUT2D eigenvalue weighted by molar-refractivity contribution is 7.15. The van der Waals surface area contributed by atoms with Crippen molar-refractivity contribution in [3.05, 3.63) is 47.5 Å². The first kappa shape index (κ1) is 12.0. The number of fused-ring (bicyclic) bond motifs is 2. The average Bonchev–Trinajstić information content (AvgIpc) is 3.18. The number of hydrogen-bond acceptors (Lipinski definition) is 5. The lowest BCUT2D eigenvalue weighted by atomic mass is 10.3. The fourth-order valence-electron chi connectivity index (χ4n) is 2.08. The van der Waals surface area contributed by atoms with E-state index in [1.165, 1.54) is 0 Å². The molecule has 7 nitrogen and oxygen atoms in total. The number of aromatic amines is 1. The number of carbonyl (C=O) groups excluding carboxylic acids is 1. The first-order valence-corrected chi connectivity index (χ1v) is 7.17. The van der Waals surface area contributed by atoms with Crippen molar-refractivity contribution in [1.29, 1.82) is 0 Å². The van der Waals surface area contributed by atoms with Crippen molar-refractivity contribution < 1.29 is 4.79 Å². The number of pyridine rings is 1. The molecule has 0 aliphatic carbocycles. The third-order valence-corrected chi connectivity index (χ3v) is 3.88. The van der Waals surface area contributed by atoms with Crippen LogP contribution in [0.25, 0.3) is 16.0 Å². The topological polar surface area (TPSA) is 88.0 Å². The normalized spacial score (nSPS) is 11.2. The lowest BCUT2D eigenvalue weighted by Gasteiger charge is -2.02. The maximum atomic E-state index is 12.1. The minimum Gasteiger partial charge on any atom is -0.345 e. The standard InChI is InChI=1S/C13H10N6OS/c20-12(10-2-1-8-5-15-18-11(8)17-10)14-6-9-7-19-3-4-21-13(19)16-9/h1-5,7H,6H2,(H,14,20)(H,15,17,18). The molecule has 21 heavy (non-hydrogen) atoms. The van der Waals surface area contributed by atoms with Gasteiger partial charge in [-0.05, 0) is 12.1 Å². The monoisotopic (exact) mass is 298 g/mol. The molecule has 0 atom stereocenters. The summed E-state index contributed by atoms with van der Waals surface area (Å²) in [4.78, 5) is 21.6. The Hall–Kier alpha value is -2.74. The molecule has 0 saturated carbocycles. The van der Waals surface area contributed by atoms with Crippen LogP contribution in [0.5, 0.6) is 0 Å². The maximum Gasteiger partial charge on any atom is 0.270 e. The molecule has 4 rings (SSSR count). The summed E-state index contributed by atoms with van der Waals surface area (Å²) in [5, 5.41) is 12.3. The van der Waals surface area contributed by atoms with E-state index >= 15 is 0 Å². The number of aromatic nitrogens is 5. The van der Waals surface area contributed by atoms with Crippen LogP contribution in [0.1, 0.15) is 16.2 Å². The molecular formula is C13H10N6OS. The van der Waals surface area contributed by atoms with Crippen LogP contribution < -0.4 is 5.32 Å². The Morgan fingerprint density at radius 3 is 3.24 bits per heavy atom. The van der Waals surface area contributed by atoms with Gasteiger partial charge in [-0.15, -0.1) is 11.3 Å². The molecule has 0 radical (unpaired) electrons. The molecule has 0 bridgehead atoms. The van der Waals surface area contributed by atoms with Gasteiger partial charge in [-0.3, -0.25) is 14.3 Å². The van der Waals surface area contributed by atoms with Crippen LogP contribution in [0.15, 0.2) is 36.1 Å². The highest BCUT2D eigenvalue weighted by Gasteiger charge is 2.10. The summed E-state index contributed by atoms with van der Waals surface area (Å²) in [6.07, 6.45) is 5.51. The molecule has 8 heteroatoms. The number of imidazole rings is 1. The predicted molar refractivity (Wildman–Crippen MR) is 78.1 cm³/mol. The molecule has 0 fully saturated rings. The summed E-state index contributed by atoms with van der Waals surface area (Å²) in [5.74, 6) is -0.233. The molecule has 0 spiro atoms. The number of amides is 1. The maximum absolute atomic E-state index is 12.1. The smallest absolute Gasteiger partial charge is 0.270 e. The second-order valence-corrected chi connectivity index (χ2v) is 5.39. The molecule has 0 aromatic carbocycles. The SMILES string of the molecule is O=C(NCc1cn2ccsc2n1)c1ccc2cn[nH]c2n1. The van der Waals surface area contributed by atoms with E-state index in [4.69, 9.17) is 0 Å². The molecule has 104 valence electrons. The lowest BCUT2D eigenvalue weighted by Crippen LogP contribution is -2.23. The van der Waals surface area contributed by atoms with Crippen LogP contribution >= 0.6 is 11.3 Å². The number of carbonyl (C=O) groups is 1. The lowest BCUT2D eigenvalue weighted by molar-refractivity contribution is 0.0946. The Morgan fingerprint density at radius 1 is 1.38 bits per heavy atom. The zero-order valence-corrected chi connectivity index (χ0v) is 11.6. The van der Waals surface area contributed by atoms with Crippen molar-refractivity contribution in [3.63, 3.8) is 0 Å². The molecular weight excluding hydrogens is 288 g/mol. The second kappa shape index (κ2) is 4.67. The summed E-state index contributed by atoms with van der Waals surface area (Å²) >= 11 is 1.56. The van der Waals surface area contributed by atoms with Crippen molar-refractivity contribution in [3.8, 4) is 0 Å². The molecule has 1 amide bonds. The van der Waals surface area contributed by atoms with Gasteiger partial charge in [0.25, 0.3) is 5.91 Å². The van der Waals surface area contributed by atoms with Gasteiger partial charge in [-0.25, -0.2) is 9.97 Å². The molecule has 0 saturated heterocycles. The third kappa shape index (κ3) is 2.15. The van der Waals surface area contributed by atoms with E-state index in [9.17, 15) is 4.79 Å². The fourth-order valence-corrected chi connectivity index (χ4v) is 2.79. The Kier molecular flexibility index (Phi) is 2.68. The van der Waals surface area contributed by atoms with Crippen molar-refractivity contribution in [2.24, 2.45) is 0 Å². The predicted octanol–water partition coefficient (Wildman–Crippen LogP) is 1.60. The summed E-state index contributed by atoms with van der Waals surface area (Å²) < 4.78 is 1.93. The van der Waals surface area contributed by atoms with Crippen LogP contribution in [0.3, 0.4) is 0 Å². The van der Waals surface area contributed by atoms with Gasteiger partial charge in [0.05, 0.1) is 18.4 Å². The van der Waals surface area contributed by atoms with Crippen LogP contribution in [-0.4, -0.2) is 30.5 Å². The summed E-state index contributed by atoms with van der Waals surface area (Å²) in [6.45, 7) is 0.371. The number of rotatable bonds is 3. The zero-order chi connectivity index (χ0) is 14.2.